The molecule has 18 heavy (non-hydrogen) atoms. The summed E-state index contributed by atoms with van der Waals surface area (Å²) in [4.78, 5) is 11.4. The Morgan fingerprint density at radius 3 is 2.67 bits per heavy atom. The summed E-state index contributed by atoms with van der Waals surface area (Å²) in [6.07, 6.45) is 1.54. The topological polar surface area (TPSA) is 73.9 Å². The van der Waals surface area contributed by atoms with Gasteiger partial charge < -0.3 is 4.74 Å². The number of hydrogen-bond donors (Lipinski definition) is 0. The molecule has 0 bridgehead atoms. The minimum absolute atomic E-state index is 0.305. The van der Waals surface area contributed by atoms with Gasteiger partial charge in [0.1, 0.15) is 0 Å². The summed E-state index contributed by atoms with van der Waals surface area (Å²) >= 11 is 0. The lowest BCUT2D eigenvalue weighted by molar-refractivity contribution is -0.134. The van der Waals surface area contributed by atoms with Crippen molar-refractivity contribution in [2.75, 3.05) is 7.11 Å². The average molecular weight is 238 g/mol. The molecule has 0 saturated heterocycles. The van der Waals surface area contributed by atoms with Gasteiger partial charge in [0.25, 0.3) is 0 Å². The zero-order valence-corrected chi connectivity index (χ0v) is 9.80. The lowest BCUT2D eigenvalue weighted by Gasteiger charge is -2.12. The van der Waals surface area contributed by atoms with Gasteiger partial charge in [0.15, 0.2) is 5.41 Å². The van der Waals surface area contributed by atoms with Crippen LogP contribution in [0, 0.1) is 28.1 Å². The van der Waals surface area contributed by atoms with E-state index in [-0.39, 0.29) is 0 Å². The van der Waals surface area contributed by atoms with E-state index < -0.39 is 11.4 Å². The number of carbonyl (C=O) groups excluding carboxylic acids is 1. The maximum absolute atomic E-state index is 11.4. The van der Waals surface area contributed by atoms with Crippen LogP contribution in [0.3, 0.4) is 0 Å². The molecule has 0 amide bonds. The Kier molecular flexibility index (Phi) is 2.87. The summed E-state index contributed by atoms with van der Waals surface area (Å²) in [5.74, 6) is -0.559. The molecule has 1 aromatic carbocycles. The van der Waals surface area contributed by atoms with E-state index in [0.29, 0.717) is 12.0 Å². The molecule has 4 heteroatoms. The van der Waals surface area contributed by atoms with Gasteiger partial charge in [-0.25, -0.2) is 4.79 Å². The number of allylic oxidation sites excluding steroid dienone is 1. The molecule has 0 fully saturated rings. The van der Waals surface area contributed by atoms with Gasteiger partial charge in [-0.2, -0.15) is 10.5 Å². The molecule has 88 valence electrons. The first-order valence-electron chi connectivity index (χ1n) is 5.38. The molecule has 0 atom stereocenters. The Labute approximate surface area is 105 Å². The van der Waals surface area contributed by atoms with E-state index in [4.69, 9.17) is 0 Å². The smallest absolute Gasteiger partial charge is 0.330 e. The number of nitriles is 2. The number of methoxy groups -OCH3 is 1. The number of ether oxygens (including phenoxy) is 1. The first-order chi connectivity index (χ1) is 8.66. The number of carbonyl (C=O) groups is 1. The van der Waals surface area contributed by atoms with Crippen molar-refractivity contribution in [2.24, 2.45) is 5.41 Å². The zero-order valence-electron chi connectivity index (χ0n) is 9.80. The monoisotopic (exact) mass is 238 g/mol. The fraction of sp³-hybridized carbons (Fsp3) is 0.214. The molecule has 1 aliphatic carbocycles. The van der Waals surface area contributed by atoms with Crippen LogP contribution in [0.5, 0.6) is 0 Å². The molecule has 2 rings (SSSR count). The number of benzene rings is 1. The summed E-state index contributed by atoms with van der Waals surface area (Å²) in [5.41, 5.74) is 0.800. The second-order valence-electron chi connectivity index (χ2n) is 4.04. The van der Waals surface area contributed by atoms with Crippen LogP contribution in [-0.2, 0) is 16.0 Å². The fourth-order valence-corrected chi connectivity index (χ4v) is 2.15. The third-order valence-corrected chi connectivity index (χ3v) is 3.07. The van der Waals surface area contributed by atoms with Crippen molar-refractivity contribution in [3.05, 3.63) is 41.5 Å². The highest BCUT2D eigenvalue weighted by molar-refractivity contribution is 5.96. The predicted molar refractivity (Wildman–Crippen MR) is 63.8 cm³/mol. The predicted octanol–water partition coefficient (Wildman–Crippen LogP) is 1.83. The summed E-state index contributed by atoms with van der Waals surface area (Å²) < 4.78 is 4.58. The van der Waals surface area contributed by atoms with Crippen molar-refractivity contribution < 1.29 is 9.53 Å². The largest absolute Gasteiger partial charge is 0.466 e. The van der Waals surface area contributed by atoms with Gasteiger partial charge >= 0.3 is 5.97 Å². The van der Waals surface area contributed by atoms with Gasteiger partial charge in [0.2, 0.25) is 0 Å². The van der Waals surface area contributed by atoms with Crippen LogP contribution in [0.4, 0.5) is 0 Å². The Bertz CT molecular complexity index is 603. The molecule has 0 radical (unpaired) electrons. The second-order valence-corrected chi connectivity index (χ2v) is 4.04. The molecule has 0 N–H and O–H groups in total. The number of fused-ring (bicyclic) bond motifs is 1. The van der Waals surface area contributed by atoms with Gasteiger partial charge in [0, 0.05) is 18.1 Å². The third-order valence-electron chi connectivity index (χ3n) is 3.07. The average Bonchev–Trinajstić information content (AvgIpc) is 2.73. The van der Waals surface area contributed by atoms with Crippen LogP contribution < -0.4 is 0 Å². The van der Waals surface area contributed by atoms with Crippen molar-refractivity contribution >= 4 is 11.5 Å². The standard InChI is InChI=1S/C14H10N2O2/c1-18-13(17)6-12-11-5-3-2-4-10(11)7-14(12,8-15)9-16/h2-6H,7H2,1H3/b12-6-. The van der Waals surface area contributed by atoms with E-state index in [1.807, 2.05) is 30.3 Å². The molecule has 0 aromatic heterocycles. The highest BCUT2D eigenvalue weighted by Gasteiger charge is 2.43. The summed E-state index contributed by atoms with van der Waals surface area (Å²) in [6.45, 7) is 0. The Balaban J connectivity index is 2.64. The molecule has 1 aliphatic rings. The summed E-state index contributed by atoms with van der Waals surface area (Å²) in [5, 5.41) is 18.6. The highest BCUT2D eigenvalue weighted by Crippen LogP contribution is 2.45. The van der Waals surface area contributed by atoms with Crippen LogP contribution in [-0.4, -0.2) is 13.1 Å². The molecule has 0 unspecified atom stereocenters. The van der Waals surface area contributed by atoms with Gasteiger partial charge in [-0.3, -0.25) is 0 Å². The molecular weight excluding hydrogens is 228 g/mol. The molecule has 4 nitrogen and oxygen atoms in total. The fourth-order valence-electron chi connectivity index (χ4n) is 2.15. The van der Waals surface area contributed by atoms with Crippen LogP contribution in [0.15, 0.2) is 30.3 Å². The van der Waals surface area contributed by atoms with Crippen molar-refractivity contribution in [1.82, 2.24) is 0 Å². The van der Waals surface area contributed by atoms with Crippen molar-refractivity contribution in [1.29, 1.82) is 10.5 Å². The van der Waals surface area contributed by atoms with Crippen LogP contribution in [0.25, 0.3) is 5.57 Å². The van der Waals surface area contributed by atoms with Gasteiger partial charge in [0.05, 0.1) is 19.2 Å². The molecule has 0 spiro atoms. The number of esters is 1. The number of nitrogens with zero attached hydrogens (tertiary/aromatic N) is 2. The summed E-state index contributed by atoms with van der Waals surface area (Å²) in [7, 11) is 1.26. The maximum atomic E-state index is 11.4. The van der Waals surface area contributed by atoms with Crippen molar-refractivity contribution in [3.63, 3.8) is 0 Å². The first-order valence-corrected chi connectivity index (χ1v) is 5.38. The van der Waals surface area contributed by atoms with E-state index in [2.05, 4.69) is 4.74 Å². The molecule has 1 aromatic rings. The number of rotatable bonds is 1. The van der Waals surface area contributed by atoms with E-state index in [1.165, 1.54) is 13.2 Å². The van der Waals surface area contributed by atoms with Crippen molar-refractivity contribution in [3.8, 4) is 12.1 Å². The first kappa shape index (κ1) is 11.9. The molecule has 0 saturated carbocycles. The minimum atomic E-state index is -1.29. The van der Waals surface area contributed by atoms with Crippen molar-refractivity contribution in [2.45, 2.75) is 6.42 Å². The van der Waals surface area contributed by atoms with Gasteiger partial charge in [-0.05, 0) is 11.1 Å². The zero-order chi connectivity index (χ0) is 13.2. The van der Waals surface area contributed by atoms with Crippen LogP contribution in [0.2, 0.25) is 0 Å². The molecule has 0 aliphatic heterocycles. The van der Waals surface area contributed by atoms with E-state index in [0.717, 1.165) is 11.1 Å². The van der Waals surface area contributed by atoms with Gasteiger partial charge in [-0.1, -0.05) is 24.3 Å². The molecular formula is C14H10N2O2. The SMILES string of the molecule is COC(=O)/C=C1/c2ccccc2CC1(C#N)C#N. The van der Waals surface area contributed by atoms with Crippen LogP contribution >= 0.6 is 0 Å². The Morgan fingerprint density at radius 2 is 2.06 bits per heavy atom. The Hall–Kier alpha value is -2.59. The quantitative estimate of drug-likeness (QED) is 0.552. The van der Waals surface area contributed by atoms with Crippen LogP contribution in [0.1, 0.15) is 11.1 Å². The lowest BCUT2D eigenvalue weighted by Crippen LogP contribution is -2.16. The minimum Gasteiger partial charge on any atom is -0.466 e. The normalized spacial score (nSPS) is 17.6. The Morgan fingerprint density at radius 1 is 1.39 bits per heavy atom. The van der Waals surface area contributed by atoms with E-state index in [1.54, 1.807) is 6.07 Å². The van der Waals surface area contributed by atoms with E-state index in [9.17, 15) is 15.3 Å². The third kappa shape index (κ3) is 1.65. The van der Waals surface area contributed by atoms with E-state index >= 15 is 0 Å². The van der Waals surface area contributed by atoms with Gasteiger partial charge in [-0.15, -0.1) is 0 Å². The lowest BCUT2D eigenvalue weighted by atomic mass is 9.83. The molecule has 0 heterocycles. The highest BCUT2D eigenvalue weighted by atomic mass is 16.5. The second kappa shape index (κ2) is 4.35. The summed E-state index contributed by atoms with van der Waals surface area (Å²) in [6, 6.07) is 11.4. The number of hydrogen-bond acceptors (Lipinski definition) is 4. The maximum Gasteiger partial charge on any atom is 0.330 e.